The second-order valence-electron chi connectivity index (χ2n) is 6.10. The van der Waals surface area contributed by atoms with Gasteiger partial charge in [-0.05, 0) is 41.5 Å². The van der Waals surface area contributed by atoms with Crippen LogP contribution >= 0.6 is 0 Å². The van der Waals surface area contributed by atoms with E-state index in [4.69, 9.17) is 4.42 Å². The van der Waals surface area contributed by atoms with Gasteiger partial charge in [0.05, 0.1) is 12.0 Å². The van der Waals surface area contributed by atoms with Crippen LogP contribution < -0.4 is 10.6 Å². The van der Waals surface area contributed by atoms with E-state index in [0.29, 0.717) is 30.0 Å². The van der Waals surface area contributed by atoms with Gasteiger partial charge in [-0.3, -0.25) is 4.79 Å². The summed E-state index contributed by atoms with van der Waals surface area (Å²) in [7, 11) is 0. The van der Waals surface area contributed by atoms with Crippen LogP contribution in [0, 0.1) is 0 Å². The van der Waals surface area contributed by atoms with Crippen molar-refractivity contribution in [3.05, 3.63) is 83.8 Å². The molecule has 0 aliphatic carbocycles. The number of hydrogen-bond acceptors (Lipinski definition) is 3. The molecule has 2 heterocycles. The van der Waals surface area contributed by atoms with Crippen molar-refractivity contribution in [1.82, 2.24) is 4.90 Å². The van der Waals surface area contributed by atoms with Crippen LogP contribution in [0.1, 0.15) is 21.5 Å². The predicted octanol–water partition coefficient (Wildman–Crippen LogP) is 4.08. The highest BCUT2D eigenvalue weighted by Crippen LogP contribution is 2.23. The lowest BCUT2D eigenvalue weighted by Gasteiger charge is -2.16. The quantitative estimate of drug-likeness (QED) is 0.750. The molecular weight excluding hydrogens is 330 g/mol. The van der Waals surface area contributed by atoms with E-state index in [9.17, 15) is 9.59 Å². The van der Waals surface area contributed by atoms with E-state index in [1.54, 1.807) is 35.2 Å². The summed E-state index contributed by atoms with van der Waals surface area (Å²) in [5.41, 5.74) is 4.09. The molecule has 1 aliphatic heterocycles. The molecule has 0 bridgehead atoms. The minimum absolute atomic E-state index is 0.156. The van der Waals surface area contributed by atoms with Crippen LogP contribution in [0.15, 0.2) is 71.5 Å². The molecule has 6 nitrogen and oxygen atoms in total. The third-order valence-corrected chi connectivity index (χ3v) is 4.31. The molecule has 0 unspecified atom stereocenters. The summed E-state index contributed by atoms with van der Waals surface area (Å²) in [6, 6.07) is 16.3. The number of benzene rings is 2. The topological polar surface area (TPSA) is 74.6 Å². The van der Waals surface area contributed by atoms with E-state index in [0.717, 1.165) is 0 Å². The van der Waals surface area contributed by atoms with Crippen molar-refractivity contribution in [3.8, 4) is 0 Å². The SMILES string of the molecule is O=C(Nc1ccoc1)c1ccc(NC(=O)N2Cc3ccccc3C2)cc1. The van der Waals surface area contributed by atoms with Gasteiger partial charge in [0.15, 0.2) is 0 Å². The summed E-state index contributed by atoms with van der Waals surface area (Å²) >= 11 is 0. The second kappa shape index (κ2) is 6.76. The second-order valence-corrected chi connectivity index (χ2v) is 6.10. The zero-order valence-corrected chi connectivity index (χ0v) is 13.9. The Morgan fingerprint density at radius 3 is 2.15 bits per heavy atom. The van der Waals surface area contributed by atoms with E-state index in [2.05, 4.69) is 10.6 Å². The first kappa shape index (κ1) is 16.0. The number of hydrogen-bond donors (Lipinski definition) is 2. The molecule has 3 amide bonds. The van der Waals surface area contributed by atoms with Crippen LogP contribution in [-0.2, 0) is 13.1 Å². The van der Waals surface area contributed by atoms with Crippen molar-refractivity contribution in [1.29, 1.82) is 0 Å². The average molecular weight is 347 g/mol. The average Bonchev–Trinajstić information content (AvgIpc) is 3.31. The number of nitrogens with zero attached hydrogens (tertiary/aromatic N) is 1. The zero-order valence-electron chi connectivity index (χ0n) is 13.9. The third kappa shape index (κ3) is 3.30. The normalized spacial score (nSPS) is 12.5. The summed E-state index contributed by atoms with van der Waals surface area (Å²) in [6.45, 7) is 1.21. The van der Waals surface area contributed by atoms with Gasteiger partial charge in [0.2, 0.25) is 0 Å². The molecule has 0 fully saturated rings. The molecule has 2 N–H and O–H groups in total. The zero-order chi connectivity index (χ0) is 17.9. The first-order chi connectivity index (χ1) is 12.7. The standard InChI is InChI=1S/C20H17N3O3/c24-19(21-18-9-10-26-13-18)14-5-7-17(8-6-14)22-20(25)23-11-15-3-1-2-4-16(15)12-23/h1-10,13H,11-12H2,(H,21,24)(H,22,25). The van der Waals surface area contributed by atoms with Crippen LogP contribution in [0.3, 0.4) is 0 Å². The smallest absolute Gasteiger partial charge is 0.322 e. The third-order valence-electron chi connectivity index (χ3n) is 4.31. The van der Waals surface area contributed by atoms with Crippen LogP contribution in [0.25, 0.3) is 0 Å². The number of rotatable bonds is 3. The fourth-order valence-electron chi connectivity index (χ4n) is 2.92. The Labute approximate surface area is 150 Å². The first-order valence-electron chi connectivity index (χ1n) is 8.25. The van der Waals surface area contributed by atoms with Crippen LogP contribution in [-0.4, -0.2) is 16.8 Å². The van der Waals surface area contributed by atoms with Crippen LogP contribution in [0.4, 0.5) is 16.2 Å². The number of furan rings is 1. The number of amides is 3. The van der Waals surface area contributed by atoms with Gasteiger partial charge in [-0.15, -0.1) is 0 Å². The van der Waals surface area contributed by atoms with E-state index < -0.39 is 0 Å². The minimum Gasteiger partial charge on any atom is -0.470 e. The molecular formula is C20H17N3O3. The molecule has 130 valence electrons. The van der Waals surface area contributed by atoms with E-state index >= 15 is 0 Å². The fraction of sp³-hybridized carbons (Fsp3) is 0.100. The van der Waals surface area contributed by atoms with E-state index in [1.165, 1.54) is 23.7 Å². The summed E-state index contributed by atoms with van der Waals surface area (Å²) in [6.07, 6.45) is 2.95. The number of anilines is 2. The van der Waals surface area contributed by atoms with Gasteiger partial charge in [0.25, 0.3) is 5.91 Å². The van der Waals surface area contributed by atoms with Gasteiger partial charge >= 0.3 is 6.03 Å². The summed E-state index contributed by atoms with van der Waals surface area (Å²) < 4.78 is 4.92. The Bertz CT molecular complexity index is 908. The van der Waals surface area contributed by atoms with Crippen LogP contribution in [0.5, 0.6) is 0 Å². The molecule has 0 saturated carbocycles. The maximum atomic E-state index is 12.4. The maximum absolute atomic E-state index is 12.4. The first-order valence-corrected chi connectivity index (χ1v) is 8.25. The van der Waals surface area contributed by atoms with Crippen molar-refractivity contribution in [2.75, 3.05) is 10.6 Å². The highest BCUT2D eigenvalue weighted by atomic mass is 16.3. The van der Waals surface area contributed by atoms with Gasteiger partial charge in [-0.25, -0.2) is 4.79 Å². The Morgan fingerprint density at radius 1 is 0.846 bits per heavy atom. The number of carbonyl (C=O) groups excluding carboxylic acids is 2. The fourth-order valence-corrected chi connectivity index (χ4v) is 2.92. The molecule has 6 heteroatoms. The number of urea groups is 1. The lowest BCUT2D eigenvalue weighted by molar-refractivity contribution is 0.102. The van der Waals surface area contributed by atoms with Crippen molar-refractivity contribution in [3.63, 3.8) is 0 Å². The summed E-state index contributed by atoms with van der Waals surface area (Å²) in [5.74, 6) is -0.237. The Morgan fingerprint density at radius 2 is 1.54 bits per heavy atom. The monoisotopic (exact) mass is 347 g/mol. The van der Waals surface area contributed by atoms with Gasteiger partial charge in [0, 0.05) is 24.3 Å². The Hall–Kier alpha value is -3.54. The lowest BCUT2D eigenvalue weighted by atomic mass is 10.1. The lowest BCUT2D eigenvalue weighted by Crippen LogP contribution is -2.30. The highest BCUT2D eigenvalue weighted by Gasteiger charge is 2.22. The number of carbonyl (C=O) groups is 2. The Balaban J connectivity index is 1.37. The number of fused-ring (bicyclic) bond motifs is 1. The molecule has 1 aromatic heterocycles. The molecule has 3 aromatic rings. The van der Waals surface area contributed by atoms with E-state index in [1.807, 2.05) is 24.3 Å². The molecule has 26 heavy (non-hydrogen) atoms. The molecule has 1 aliphatic rings. The summed E-state index contributed by atoms with van der Waals surface area (Å²) in [4.78, 5) is 26.3. The van der Waals surface area contributed by atoms with Gasteiger partial charge in [-0.1, -0.05) is 24.3 Å². The van der Waals surface area contributed by atoms with E-state index in [-0.39, 0.29) is 11.9 Å². The predicted molar refractivity (Wildman–Crippen MR) is 97.8 cm³/mol. The van der Waals surface area contributed by atoms with Crippen molar-refractivity contribution in [2.45, 2.75) is 13.1 Å². The largest absolute Gasteiger partial charge is 0.470 e. The molecule has 0 saturated heterocycles. The van der Waals surface area contributed by atoms with Crippen molar-refractivity contribution in [2.24, 2.45) is 0 Å². The molecule has 2 aromatic carbocycles. The van der Waals surface area contributed by atoms with Gasteiger partial charge in [-0.2, -0.15) is 0 Å². The van der Waals surface area contributed by atoms with Crippen molar-refractivity contribution < 1.29 is 14.0 Å². The maximum Gasteiger partial charge on any atom is 0.322 e. The van der Waals surface area contributed by atoms with Crippen LogP contribution in [0.2, 0.25) is 0 Å². The Kier molecular flexibility index (Phi) is 4.15. The minimum atomic E-state index is -0.237. The van der Waals surface area contributed by atoms with Gasteiger partial charge in [0.1, 0.15) is 6.26 Å². The molecule has 4 rings (SSSR count). The molecule has 0 radical (unpaired) electrons. The van der Waals surface area contributed by atoms with Crippen molar-refractivity contribution >= 4 is 23.3 Å². The number of nitrogens with one attached hydrogen (secondary N) is 2. The molecule has 0 spiro atoms. The molecule has 0 atom stereocenters. The summed E-state index contributed by atoms with van der Waals surface area (Å²) in [5, 5.41) is 5.60. The van der Waals surface area contributed by atoms with Gasteiger partial charge < -0.3 is 20.0 Å². The highest BCUT2D eigenvalue weighted by molar-refractivity contribution is 6.04.